The van der Waals surface area contributed by atoms with Crippen LogP contribution in [-0.2, 0) is 9.53 Å². The first-order chi connectivity index (χ1) is 12.6. The molecule has 1 aromatic rings. The molecule has 2 heterocycles. The van der Waals surface area contributed by atoms with Crippen molar-refractivity contribution in [1.29, 1.82) is 0 Å². The van der Waals surface area contributed by atoms with Crippen LogP contribution < -0.4 is 10.6 Å². The van der Waals surface area contributed by atoms with Crippen LogP contribution in [-0.4, -0.2) is 67.2 Å². The van der Waals surface area contributed by atoms with Crippen molar-refractivity contribution in [3.05, 3.63) is 24.3 Å². The molecular formula is C19H28N4O3. The second kappa shape index (κ2) is 9.00. The summed E-state index contributed by atoms with van der Waals surface area (Å²) in [6, 6.07) is 7.06. The van der Waals surface area contributed by atoms with Gasteiger partial charge in [0, 0.05) is 44.5 Å². The summed E-state index contributed by atoms with van der Waals surface area (Å²) in [5.74, 6) is -0.136. The molecule has 0 saturated carbocycles. The zero-order valence-electron chi connectivity index (χ0n) is 15.4. The molecule has 7 heteroatoms. The number of nitrogens with zero attached hydrogens (tertiary/aromatic N) is 2. The number of nitrogens with one attached hydrogen (secondary N) is 2. The minimum absolute atomic E-state index is 0.0621. The summed E-state index contributed by atoms with van der Waals surface area (Å²) in [6.45, 7) is 6.59. The molecule has 0 bridgehead atoms. The highest BCUT2D eigenvalue weighted by Gasteiger charge is 2.25. The largest absolute Gasteiger partial charge is 0.375 e. The normalized spacial score (nSPS) is 21.3. The van der Waals surface area contributed by atoms with Crippen molar-refractivity contribution >= 4 is 23.3 Å². The van der Waals surface area contributed by atoms with Crippen molar-refractivity contribution in [3.8, 4) is 0 Å². The Balaban J connectivity index is 1.58. The van der Waals surface area contributed by atoms with Crippen molar-refractivity contribution in [2.24, 2.45) is 0 Å². The van der Waals surface area contributed by atoms with Crippen molar-refractivity contribution in [2.45, 2.75) is 32.3 Å². The predicted molar refractivity (Wildman–Crippen MR) is 101 cm³/mol. The van der Waals surface area contributed by atoms with Crippen LogP contribution in [0.3, 0.4) is 0 Å². The van der Waals surface area contributed by atoms with E-state index in [1.807, 2.05) is 17.0 Å². The van der Waals surface area contributed by atoms with Crippen LogP contribution in [0.4, 0.5) is 16.2 Å². The van der Waals surface area contributed by atoms with E-state index in [4.69, 9.17) is 4.74 Å². The molecule has 2 fully saturated rings. The van der Waals surface area contributed by atoms with Gasteiger partial charge in [0.2, 0.25) is 5.91 Å². The second-order valence-corrected chi connectivity index (χ2v) is 6.99. The van der Waals surface area contributed by atoms with E-state index in [9.17, 15) is 9.59 Å². The molecule has 3 amide bonds. The number of urea groups is 1. The fourth-order valence-corrected chi connectivity index (χ4v) is 3.52. The quantitative estimate of drug-likeness (QED) is 0.864. The number of likely N-dealkylation sites (tertiary alicyclic amines) is 1. The first kappa shape index (κ1) is 18.7. The van der Waals surface area contributed by atoms with E-state index in [0.717, 1.165) is 26.1 Å². The Hall–Kier alpha value is -2.12. The van der Waals surface area contributed by atoms with Gasteiger partial charge in [0.05, 0.1) is 6.10 Å². The van der Waals surface area contributed by atoms with E-state index in [-0.39, 0.29) is 18.0 Å². The predicted octanol–water partition coefficient (Wildman–Crippen LogP) is 2.36. The number of hydrogen-bond donors (Lipinski definition) is 2. The molecule has 1 atom stereocenters. The minimum Gasteiger partial charge on any atom is -0.375 e. The van der Waals surface area contributed by atoms with Crippen molar-refractivity contribution < 1.29 is 14.3 Å². The summed E-state index contributed by atoms with van der Waals surface area (Å²) in [4.78, 5) is 28.1. The van der Waals surface area contributed by atoms with Gasteiger partial charge in [0.15, 0.2) is 0 Å². The lowest BCUT2D eigenvalue weighted by molar-refractivity contribution is -0.114. The van der Waals surface area contributed by atoms with Crippen LogP contribution in [0.25, 0.3) is 0 Å². The fourth-order valence-electron chi connectivity index (χ4n) is 3.52. The third-order valence-electron chi connectivity index (χ3n) is 4.73. The summed E-state index contributed by atoms with van der Waals surface area (Å²) in [7, 11) is 0. The lowest BCUT2D eigenvalue weighted by Crippen LogP contribution is -2.43. The van der Waals surface area contributed by atoms with E-state index in [1.165, 1.54) is 19.8 Å². The summed E-state index contributed by atoms with van der Waals surface area (Å²) in [5, 5.41) is 5.66. The van der Waals surface area contributed by atoms with Gasteiger partial charge in [-0.15, -0.1) is 0 Å². The highest BCUT2D eigenvalue weighted by atomic mass is 16.5. The number of amides is 3. The number of hydrogen-bond acceptors (Lipinski definition) is 4. The van der Waals surface area contributed by atoms with Gasteiger partial charge in [-0.3, -0.25) is 4.79 Å². The van der Waals surface area contributed by atoms with Crippen LogP contribution in [0.5, 0.6) is 0 Å². The molecule has 3 rings (SSSR count). The molecular weight excluding hydrogens is 332 g/mol. The summed E-state index contributed by atoms with van der Waals surface area (Å²) in [5.41, 5.74) is 1.34. The highest BCUT2D eigenvalue weighted by molar-refractivity contribution is 5.92. The number of carbonyl (C=O) groups excluding carboxylic acids is 2. The van der Waals surface area contributed by atoms with Gasteiger partial charge in [0.25, 0.3) is 0 Å². The van der Waals surface area contributed by atoms with Crippen LogP contribution >= 0.6 is 0 Å². The summed E-state index contributed by atoms with van der Waals surface area (Å²) in [6.07, 6.45) is 3.41. The molecule has 2 saturated heterocycles. The topological polar surface area (TPSA) is 73.9 Å². The molecule has 0 aliphatic carbocycles. The summed E-state index contributed by atoms with van der Waals surface area (Å²) >= 11 is 0. The molecule has 7 nitrogen and oxygen atoms in total. The Bertz CT molecular complexity index is 631. The van der Waals surface area contributed by atoms with Crippen molar-refractivity contribution in [1.82, 2.24) is 9.80 Å². The zero-order chi connectivity index (χ0) is 18.4. The Kier molecular flexibility index (Phi) is 6.46. The minimum atomic E-state index is -0.136. The van der Waals surface area contributed by atoms with Gasteiger partial charge in [0.1, 0.15) is 0 Å². The number of rotatable bonds is 4. The number of anilines is 2. The van der Waals surface area contributed by atoms with Gasteiger partial charge >= 0.3 is 6.03 Å². The third-order valence-corrected chi connectivity index (χ3v) is 4.73. The lowest BCUT2D eigenvalue weighted by Gasteiger charge is -2.27. The van der Waals surface area contributed by atoms with Gasteiger partial charge in [-0.25, -0.2) is 4.79 Å². The van der Waals surface area contributed by atoms with E-state index >= 15 is 0 Å². The standard InChI is InChI=1S/C19H28N4O3/c1-15(24)20-16-6-4-7-17(12-16)21-19(25)23-10-5-11-26-18(14-23)13-22-8-2-3-9-22/h4,6-7,12,18H,2-3,5,8-11,13-14H2,1H3,(H,20,24)(H,21,25)/t18-/m0/s1. The number of carbonyl (C=O) groups is 2. The third kappa shape index (κ3) is 5.44. The maximum absolute atomic E-state index is 12.7. The molecule has 2 N–H and O–H groups in total. The number of benzene rings is 1. The first-order valence-electron chi connectivity index (χ1n) is 9.38. The molecule has 0 radical (unpaired) electrons. The number of ether oxygens (including phenoxy) is 1. The Labute approximate surface area is 154 Å². The van der Waals surface area contributed by atoms with Gasteiger partial charge in [-0.2, -0.15) is 0 Å². The molecule has 2 aliphatic rings. The van der Waals surface area contributed by atoms with Crippen LogP contribution in [0.15, 0.2) is 24.3 Å². The maximum atomic E-state index is 12.7. The van der Waals surface area contributed by atoms with Crippen LogP contribution in [0.2, 0.25) is 0 Å². The maximum Gasteiger partial charge on any atom is 0.321 e. The van der Waals surface area contributed by atoms with E-state index in [0.29, 0.717) is 31.1 Å². The molecule has 0 unspecified atom stereocenters. The molecule has 26 heavy (non-hydrogen) atoms. The monoisotopic (exact) mass is 360 g/mol. The van der Waals surface area contributed by atoms with Crippen molar-refractivity contribution in [2.75, 3.05) is 50.0 Å². The summed E-state index contributed by atoms with van der Waals surface area (Å²) < 4.78 is 5.95. The SMILES string of the molecule is CC(=O)Nc1cccc(NC(=O)N2CCCO[C@@H](CN3CCCC3)C2)c1. The van der Waals surface area contributed by atoms with E-state index < -0.39 is 0 Å². The molecule has 0 aromatic heterocycles. The second-order valence-electron chi connectivity index (χ2n) is 6.99. The van der Waals surface area contributed by atoms with Crippen LogP contribution in [0.1, 0.15) is 26.2 Å². The van der Waals surface area contributed by atoms with Gasteiger partial charge < -0.3 is 25.2 Å². The van der Waals surface area contributed by atoms with Crippen molar-refractivity contribution in [3.63, 3.8) is 0 Å². The van der Waals surface area contributed by atoms with Gasteiger partial charge in [-0.1, -0.05) is 6.07 Å². The van der Waals surface area contributed by atoms with Gasteiger partial charge in [-0.05, 0) is 50.6 Å². The molecule has 1 aromatic carbocycles. The Morgan fingerprint density at radius 3 is 2.58 bits per heavy atom. The zero-order valence-corrected chi connectivity index (χ0v) is 15.4. The van der Waals surface area contributed by atoms with E-state index in [2.05, 4.69) is 15.5 Å². The van der Waals surface area contributed by atoms with E-state index in [1.54, 1.807) is 12.1 Å². The molecule has 142 valence electrons. The average Bonchev–Trinajstić information content (AvgIpc) is 2.98. The molecule has 2 aliphatic heterocycles. The Morgan fingerprint density at radius 2 is 1.85 bits per heavy atom. The lowest BCUT2D eigenvalue weighted by atomic mass is 10.2. The average molecular weight is 360 g/mol. The Morgan fingerprint density at radius 1 is 1.12 bits per heavy atom. The smallest absolute Gasteiger partial charge is 0.321 e. The first-order valence-corrected chi connectivity index (χ1v) is 9.38. The highest BCUT2D eigenvalue weighted by Crippen LogP contribution is 2.17. The van der Waals surface area contributed by atoms with Crippen LogP contribution in [0, 0.1) is 0 Å². The molecule has 0 spiro atoms. The fraction of sp³-hybridized carbons (Fsp3) is 0.579.